The van der Waals surface area contributed by atoms with Crippen LogP contribution in [0.3, 0.4) is 0 Å². The van der Waals surface area contributed by atoms with Crippen LogP contribution in [-0.4, -0.2) is 5.92 Å². The lowest BCUT2D eigenvalue weighted by atomic mass is 9.68. The van der Waals surface area contributed by atoms with E-state index in [1.54, 1.807) is 0 Å². The molecule has 3 saturated carbocycles. The van der Waals surface area contributed by atoms with Gasteiger partial charge >= 0.3 is 0 Å². The summed E-state index contributed by atoms with van der Waals surface area (Å²) in [5.41, 5.74) is 0. The standard InChI is InChI=1S/C18H30F2/c1-2-3-13-4-6-14(7-5-13)15-8-10-16(11-9-15)17-12-18(17,19)20/h13-17H,2-12H2,1H3. The van der Waals surface area contributed by atoms with Crippen molar-refractivity contribution in [2.24, 2.45) is 29.6 Å². The van der Waals surface area contributed by atoms with Crippen molar-refractivity contribution in [1.82, 2.24) is 0 Å². The van der Waals surface area contributed by atoms with Gasteiger partial charge in [0.2, 0.25) is 0 Å². The first-order chi connectivity index (χ1) is 9.60. The van der Waals surface area contributed by atoms with Crippen molar-refractivity contribution < 1.29 is 8.78 Å². The van der Waals surface area contributed by atoms with Crippen LogP contribution < -0.4 is 0 Å². The Morgan fingerprint density at radius 1 is 0.800 bits per heavy atom. The highest BCUT2D eigenvalue weighted by Gasteiger charge is 2.60. The van der Waals surface area contributed by atoms with Crippen LogP contribution in [0.1, 0.15) is 77.6 Å². The van der Waals surface area contributed by atoms with Crippen LogP contribution in [0.2, 0.25) is 0 Å². The Hall–Kier alpha value is -0.140. The van der Waals surface area contributed by atoms with Gasteiger partial charge in [-0.1, -0.05) is 32.6 Å². The van der Waals surface area contributed by atoms with Crippen molar-refractivity contribution in [2.75, 3.05) is 0 Å². The van der Waals surface area contributed by atoms with Crippen LogP contribution in [-0.2, 0) is 0 Å². The molecule has 0 aromatic heterocycles. The minimum Gasteiger partial charge on any atom is -0.207 e. The minimum atomic E-state index is -2.30. The highest BCUT2D eigenvalue weighted by Crippen LogP contribution is 2.57. The zero-order valence-corrected chi connectivity index (χ0v) is 12.9. The maximum atomic E-state index is 13.1. The third kappa shape index (κ3) is 3.20. The van der Waals surface area contributed by atoms with Crippen molar-refractivity contribution in [3.63, 3.8) is 0 Å². The molecule has 1 unspecified atom stereocenters. The fraction of sp³-hybridized carbons (Fsp3) is 1.00. The van der Waals surface area contributed by atoms with E-state index in [2.05, 4.69) is 6.92 Å². The molecule has 0 radical (unpaired) electrons. The summed E-state index contributed by atoms with van der Waals surface area (Å²) in [5, 5.41) is 0. The number of hydrogen-bond donors (Lipinski definition) is 0. The van der Waals surface area contributed by atoms with E-state index < -0.39 is 5.92 Å². The molecule has 2 heteroatoms. The first-order valence-electron chi connectivity index (χ1n) is 8.98. The van der Waals surface area contributed by atoms with E-state index in [0.29, 0.717) is 5.92 Å². The van der Waals surface area contributed by atoms with Crippen LogP contribution in [0.5, 0.6) is 0 Å². The van der Waals surface area contributed by atoms with E-state index in [1.807, 2.05) is 0 Å². The van der Waals surface area contributed by atoms with Crippen LogP contribution in [0, 0.1) is 29.6 Å². The van der Waals surface area contributed by atoms with Crippen molar-refractivity contribution in [1.29, 1.82) is 0 Å². The van der Waals surface area contributed by atoms with Gasteiger partial charge in [0.25, 0.3) is 5.92 Å². The number of halogens is 2. The van der Waals surface area contributed by atoms with Gasteiger partial charge in [-0.05, 0) is 62.2 Å². The summed E-state index contributed by atoms with van der Waals surface area (Å²) in [7, 11) is 0. The predicted molar refractivity (Wildman–Crippen MR) is 78.9 cm³/mol. The van der Waals surface area contributed by atoms with Gasteiger partial charge in [0.1, 0.15) is 0 Å². The third-order valence-corrected chi connectivity index (χ3v) is 6.51. The van der Waals surface area contributed by atoms with Crippen molar-refractivity contribution in [3.05, 3.63) is 0 Å². The Bertz CT molecular complexity index is 309. The molecule has 20 heavy (non-hydrogen) atoms. The fourth-order valence-electron chi connectivity index (χ4n) is 5.12. The van der Waals surface area contributed by atoms with Gasteiger partial charge in [0.05, 0.1) is 0 Å². The molecule has 3 rings (SSSR count). The molecule has 0 amide bonds. The monoisotopic (exact) mass is 284 g/mol. The van der Waals surface area contributed by atoms with E-state index in [9.17, 15) is 8.78 Å². The SMILES string of the molecule is CCCC1CCC(C2CCC(C3CC3(F)F)CC2)CC1. The predicted octanol–water partition coefficient (Wildman–Crippen LogP) is 6.05. The molecule has 0 bridgehead atoms. The summed E-state index contributed by atoms with van der Waals surface area (Å²) >= 11 is 0. The Kier molecular flexibility index (Phi) is 4.38. The molecular formula is C18H30F2. The molecule has 1 atom stereocenters. The summed E-state index contributed by atoms with van der Waals surface area (Å²) < 4.78 is 26.3. The van der Waals surface area contributed by atoms with E-state index in [0.717, 1.165) is 30.6 Å². The van der Waals surface area contributed by atoms with Gasteiger partial charge in [-0.25, -0.2) is 8.78 Å². The first kappa shape index (κ1) is 14.8. The lowest BCUT2D eigenvalue weighted by molar-refractivity contribution is 0.0667. The summed E-state index contributed by atoms with van der Waals surface area (Å²) in [6.45, 7) is 2.29. The van der Waals surface area contributed by atoms with E-state index in [4.69, 9.17) is 0 Å². The highest BCUT2D eigenvalue weighted by molar-refractivity contribution is 5.00. The summed E-state index contributed by atoms with van der Waals surface area (Å²) in [4.78, 5) is 0. The Morgan fingerprint density at radius 3 is 1.70 bits per heavy atom. The Labute approximate surface area is 122 Å². The lowest BCUT2D eigenvalue weighted by Crippen LogP contribution is -2.27. The number of alkyl halides is 2. The van der Waals surface area contributed by atoms with Crippen LogP contribution in [0.15, 0.2) is 0 Å². The second kappa shape index (κ2) is 5.93. The average molecular weight is 284 g/mol. The van der Waals surface area contributed by atoms with Crippen LogP contribution >= 0.6 is 0 Å². The molecule has 0 nitrogen and oxygen atoms in total. The molecule has 3 fully saturated rings. The molecular weight excluding hydrogens is 254 g/mol. The fourth-order valence-corrected chi connectivity index (χ4v) is 5.12. The van der Waals surface area contributed by atoms with E-state index in [-0.39, 0.29) is 12.3 Å². The minimum absolute atomic E-state index is 0.185. The molecule has 116 valence electrons. The summed E-state index contributed by atoms with van der Waals surface area (Å²) in [6, 6.07) is 0. The van der Waals surface area contributed by atoms with Gasteiger partial charge in [0, 0.05) is 12.3 Å². The summed E-state index contributed by atoms with van der Waals surface area (Å²) in [5.74, 6) is 0.569. The molecule has 0 aromatic rings. The highest BCUT2D eigenvalue weighted by atomic mass is 19.3. The molecule has 0 heterocycles. The van der Waals surface area contributed by atoms with Gasteiger partial charge in [-0.3, -0.25) is 0 Å². The van der Waals surface area contributed by atoms with Gasteiger partial charge < -0.3 is 0 Å². The average Bonchev–Trinajstić information content (AvgIpc) is 3.09. The quantitative estimate of drug-likeness (QED) is 0.589. The van der Waals surface area contributed by atoms with Crippen molar-refractivity contribution >= 4 is 0 Å². The smallest absolute Gasteiger partial charge is 0.207 e. The largest absolute Gasteiger partial charge is 0.251 e. The van der Waals surface area contributed by atoms with Gasteiger partial charge in [-0.2, -0.15) is 0 Å². The second-order valence-electron chi connectivity index (χ2n) is 7.82. The van der Waals surface area contributed by atoms with Crippen LogP contribution in [0.4, 0.5) is 8.78 Å². The first-order valence-corrected chi connectivity index (χ1v) is 8.98. The van der Waals surface area contributed by atoms with Gasteiger partial charge in [0.15, 0.2) is 0 Å². The lowest BCUT2D eigenvalue weighted by Gasteiger charge is -2.38. The zero-order valence-electron chi connectivity index (χ0n) is 12.9. The third-order valence-electron chi connectivity index (χ3n) is 6.51. The second-order valence-corrected chi connectivity index (χ2v) is 7.82. The van der Waals surface area contributed by atoms with Crippen molar-refractivity contribution in [2.45, 2.75) is 83.5 Å². The molecule has 0 spiro atoms. The van der Waals surface area contributed by atoms with E-state index in [1.165, 1.54) is 51.4 Å². The van der Waals surface area contributed by atoms with Gasteiger partial charge in [-0.15, -0.1) is 0 Å². The molecule has 3 aliphatic carbocycles. The number of rotatable bonds is 4. The maximum Gasteiger partial charge on any atom is 0.251 e. The van der Waals surface area contributed by atoms with Crippen molar-refractivity contribution in [3.8, 4) is 0 Å². The zero-order chi connectivity index (χ0) is 14.2. The van der Waals surface area contributed by atoms with Crippen LogP contribution in [0.25, 0.3) is 0 Å². The molecule has 0 aromatic carbocycles. The van der Waals surface area contributed by atoms with E-state index >= 15 is 0 Å². The molecule has 0 saturated heterocycles. The summed E-state index contributed by atoms with van der Waals surface area (Å²) in [6.07, 6.45) is 13.3. The number of hydrogen-bond acceptors (Lipinski definition) is 0. The molecule has 3 aliphatic rings. The Morgan fingerprint density at radius 2 is 1.25 bits per heavy atom. The molecule has 0 N–H and O–H groups in total. The molecule has 0 aliphatic heterocycles. The normalized spacial score (nSPS) is 44.2. The topological polar surface area (TPSA) is 0 Å². The maximum absolute atomic E-state index is 13.1. The Balaban J connectivity index is 1.41.